The Kier molecular flexibility index (Phi) is 8.58. The minimum atomic E-state index is -0.271. The molecule has 2 heteroatoms. The average Bonchev–Trinajstić information content (AvgIpc) is 2.68. The Morgan fingerprint density at radius 2 is 1.42 bits per heavy atom. The second-order valence-electron chi connectivity index (χ2n) is 9.23. The SMILES string of the molecule is CCC[SiH]1CCC(CCCC[C@H]2CC[C@H](c3ccc(Cl)cc3)CC2)CC1. The third kappa shape index (κ3) is 6.41. The molecule has 2 aliphatic rings. The van der Waals surface area contributed by atoms with Gasteiger partial charge in [-0.2, -0.15) is 0 Å². The van der Waals surface area contributed by atoms with Gasteiger partial charge in [0.05, 0.1) is 0 Å². The monoisotopic (exact) mass is 390 g/mol. The van der Waals surface area contributed by atoms with E-state index in [9.17, 15) is 0 Å². The van der Waals surface area contributed by atoms with Gasteiger partial charge < -0.3 is 0 Å². The second-order valence-corrected chi connectivity index (χ2v) is 13.1. The molecule has 1 aromatic rings. The van der Waals surface area contributed by atoms with Gasteiger partial charge in [-0.25, -0.2) is 0 Å². The van der Waals surface area contributed by atoms with Crippen molar-refractivity contribution in [2.45, 2.75) is 102 Å². The highest BCUT2D eigenvalue weighted by molar-refractivity contribution is 6.58. The molecule has 3 rings (SSSR count). The van der Waals surface area contributed by atoms with Crippen molar-refractivity contribution in [2.24, 2.45) is 11.8 Å². The van der Waals surface area contributed by atoms with Gasteiger partial charge in [0.2, 0.25) is 0 Å². The van der Waals surface area contributed by atoms with Crippen molar-refractivity contribution in [2.75, 3.05) is 0 Å². The first-order valence-electron chi connectivity index (χ1n) is 11.5. The largest absolute Gasteiger partial charge is 0.0843 e. The quantitative estimate of drug-likeness (QED) is 0.309. The molecular weight excluding hydrogens is 352 g/mol. The van der Waals surface area contributed by atoms with E-state index < -0.39 is 0 Å². The zero-order valence-corrected chi connectivity index (χ0v) is 18.8. The van der Waals surface area contributed by atoms with E-state index in [1.807, 2.05) is 0 Å². The van der Waals surface area contributed by atoms with Crippen LogP contribution in [0.1, 0.15) is 89.0 Å². The molecule has 0 spiro atoms. The van der Waals surface area contributed by atoms with Crippen molar-refractivity contribution < 1.29 is 0 Å². The van der Waals surface area contributed by atoms with Crippen LogP contribution < -0.4 is 0 Å². The van der Waals surface area contributed by atoms with Crippen LogP contribution in [0.25, 0.3) is 0 Å². The van der Waals surface area contributed by atoms with Gasteiger partial charge in [0.15, 0.2) is 0 Å². The lowest BCUT2D eigenvalue weighted by Crippen LogP contribution is -2.21. The molecule has 1 saturated heterocycles. The third-order valence-corrected chi connectivity index (χ3v) is 11.3. The summed E-state index contributed by atoms with van der Waals surface area (Å²) < 4.78 is 0. The first-order valence-corrected chi connectivity index (χ1v) is 14.3. The summed E-state index contributed by atoms with van der Waals surface area (Å²) in [7, 11) is -0.271. The molecule has 1 saturated carbocycles. The molecule has 1 aliphatic carbocycles. The van der Waals surface area contributed by atoms with Gasteiger partial charge in [-0.3, -0.25) is 0 Å². The van der Waals surface area contributed by atoms with Crippen molar-refractivity contribution >= 4 is 20.4 Å². The maximum absolute atomic E-state index is 6.02. The van der Waals surface area contributed by atoms with Gasteiger partial charge in [0, 0.05) is 13.8 Å². The summed E-state index contributed by atoms with van der Waals surface area (Å²) in [5, 5.41) is 0.864. The van der Waals surface area contributed by atoms with Crippen molar-refractivity contribution in [1.29, 1.82) is 0 Å². The highest BCUT2D eigenvalue weighted by Crippen LogP contribution is 2.38. The third-order valence-electron chi connectivity index (χ3n) is 7.33. The molecule has 0 aromatic heterocycles. The molecule has 0 bridgehead atoms. The van der Waals surface area contributed by atoms with Crippen LogP contribution in [0.2, 0.25) is 23.2 Å². The van der Waals surface area contributed by atoms with E-state index in [-0.39, 0.29) is 8.80 Å². The minimum absolute atomic E-state index is 0.271. The molecule has 0 radical (unpaired) electrons. The van der Waals surface area contributed by atoms with Crippen LogP contribution in [0.4, 0.5) is 0 Å². The maximum Gasteiger partial charge on any atom is 0.0406 e. The average molecular weight is 391 g/mol. The summed E-state index contributed by atoms with van der Waals surface area (Å²) >= 11 is 6.02. The topological polar surface area (TPSA) is 0 Å². The van der Waals surface area contributed by atoms with Crippen molar-refractivity contribution in [1.82, 2.24) is 0 Å². The van der Waals surface area contributed by atoms with Crippen molar-refractivity contribution in [3.8, 4) is 0 Å². The van der Waals surface area contributed by atoms with E-state index in [4.69, 9.17) is 11.6 Å². The normalized spacial score (nSPS) is 29.6. The lowest BCUT2D eigenvalue weighted by molar-refractivity contribution is 0.297. The van der Waals surface area contributed by atoms with E-state index in [2.05, 4.69) is 31.2 Å². The minimum Gasteiger partial charge on any atom is -0.0843 e. The van der Waals surface area contributed by atoms with Crippen LogP contribution in [0.5, 0.6) is 0 Å². The van der Waals surface area contributed by atoms with Gasteiger partial charge in [0.25, 0.3) is 0 Å². The Morgan fingerprint density at radius 1 is 0.846 bits per heavy atom. The molecule has 1 heterocycles. The molecule has 146 valence electrons. The van der Waals surface area contributed by atoms with Crippen LogP contribution in [0.15, 0.2) is 24.3 Å². The maximum atomic E-state index is 6.02. The fourth-order valence-corrected chi connectivity index (χ4v) is 9.30. The highest BCUT2D eigenvalue weighted by Gasteiger charge is 2.23. The smallest absolute Gasteiger partial charge is 0.0406 e. The predicted molar refractivity (Wildman–Crippen MR) is 119 cm³/mol. The molecule has 0 N–H and O–H groups in total. The van der Waals surface area contributed by atoms with Gasteiger partial charge in [-0.15, -0.1) is 0 Å². The summed E-state index contributed by atoms with van der Waals surface area (Å²) in [6.45, 7) is 2.38. The van der Waals surface area contributed by atoms with Crippen LogP contribution >= 0.6 is 11.6 Å². The second kappa shape index (κ2) is 10.9. The molecule has 0 atom stereocenters. The summed E-state index contributed by atoms with van der Waals surface area (Å²) in [6, 6.07) is 13.5. The van der Waals surface area contributed by atoms with Crippen molar-refractivity contribution in [3.05, 3.63) is 34.9 Å². The Hall–Kier alpha value is -0.273. The number of rotatable bonds is 8. The van der Waals surface area contributed by atoms with E-state index in [0.29, 0.717) is 0 Å². The van der Waals surface area contributed by atoms with E-state index in [0.717, 1.165) is 22.8 Å². The Labute approximate surface area is 168 Å². The van der Waals surface area contributed by atoms with Gasteiger partial charge in [-0.05, 0) is 61.1 Å². The summed E-state index contributed by atoms with van der Waals surface area (Å²) in [4.78, 5) is 0. The number of halogens is 1. The molecule has 0 amide bonds. The first-order chi connectivity index (χ1) is 12.7. The highest BCUT2D eigenvalue weighted by atomic mass is 35.5. The Bertz CT molecular complexity index is 495. The molecule has 1 aromatic carbocycles. The predicted octanol–water partition coefficient (Wildman–Crippen LogP) is 8.22. The summed E-state index contributed by atoms with van der Waals surface area (Å²) in [6.07, 6.45) is 16.3. The van der Waals surface area contributed by atoms with E-state index in [1.165, 1.54) is 63.4 Å². The zero-order chi connectivity index (χ0) is 18.2. The molecular formula is C24H39ClSi. The van der Waals surface area contributed by atoms with Gasteiger partial charge >= 0.3 is 0 Å². The van der Waals surface area contributed by atoms with Gasteiger partial charge in [0.1, 0.15) is 0 Å². The number of unbranched alkanes of at least 4 members (excludes halogenated alkanes) is 1. The molecule has 1 aliphatic heterocycles. The van der Waals surface area contributed by atoms with Crippen LogP contribution in [0, 0.1) is 11.8 Å². The summed E-state index contributed by atoms with van der Waals surface area (Å²) in [5.74, 6) is 2.88. The van der Waals surface area contributed by atoms with Crippen molar-refractivity contribution in [3.63, 3.8) is 0 Å². The first kappa shape index (κ1) is 20.5. The lowest BCUT2D eigenvalue weighted by atomic mass is 9.77. The fraction of sp³-hybridized carbons (Fsp3) is 0.750. The number of hydrogen-bond acceptors (Lipinski definition) is 0. The molecule has 2 fully saturated rings. The molecule has 26 heavy (non-hydrogen) atoms. The van der Waals surface area contributed by atoms with Crippen LogP contribution in [-0.4, -0.2) is 8.80 Å². The Morgan fingerprint density at radius 3 is 2.00 bits per heavy atom. The molecule has 0 nitrogen and oxygen atoms in total. The number of benzene rings is 1. The Balaban J connectivity index is 1.26. The molecule has 0 unspecified atom stereocenters. The lowest BCUT2D eigenvalue weighted by Gasteiger charge is -2.29. The van der Waals surface area contributed by atoms with Gasteiger partial charge in [-0.1, -0.05) is 93.7 Å². The standard InChI is InChI=1S/C24H39ClSi/c1-2-17-26-18-15-21(16-19-26)6-4-3-5-20-7-9-22(10-8-20)23-11-13-24(25)14-12-23/h11-14,20-22,26H,2-10,15-19H2,1H3/t20-,21?,22-,26?. The van der Waals surface area contributed by atoms with Crippen LogP contribution in [0.3, 0.4) is 0 Å². The fourth-order valence-electron chi connectivity index (χ4n) is 5.60. The number of hydrogen-bond donors (Lipinski definition) is 0. The zero-order valence-electron chi connectivity index (χ0n) is 16.9. The van der Waals surface area contributed by atoms with Crippen LogP contribution in [-0.2, 0) is 0 Å². The van der Waals surface area contributed by atoms with E-state index in [1.54, 1.807) is 31.0 Å². The summed E-state index contributed by atoms with van der Waals surface area (Å²) in [5.41, 5.74) is 1.51. The van der Waals surface area contributed by atoms with E-state index >= 15 is 0 Å².